The number of hydrogen-bond acceptors (Lipinski definition) is 3. The summed E-state index contributed by atoms with van der Waals surface area (Å²) in [5.74, 6) is 0.728. The molecule has 2 fully saturated rings. The molecule has 2 N–H and O–H groups in total. The van der Waals surface area contributed by atoms with Gasteiger partial charge in [-0.15, -0.1) is 0 Å². The number of hydrogen-bond donors (Lipinski definition) is 1. The van der Waals surface area contributed by atoms with Gasteiger partial charge in [0, 0.05) is 17.8 Å². The number of nitrogens with zero attached hydrogens (tertiary/aromatic N) is 1. The van der Waals surface area contributed by atoms with Crippen LogP contribution < -0.4 is 5.73 Å². The summed E-state index contributed by atoms with van der Waals surface area (Å²) in [4.78, 5) is 2.68. The minimum atomic E-state index is 0.359. The van der Waals surface area contributed by atoms with Crippen LogP contribution in [0.25, 0.3) is 0 Å². The molecule has 3 unspecified atom stereocenters. The second-order valence-electron chi connectivity index (χ2n) is 6.90. The maximum Gasteiger partial charge on any atom is 0.0131 e. The molecule has 18 heavy (non-hydrogen) atoms. The van der Waals surface area contributed by atoms with Crippen molar-refractivity contribution in [2.45, 2.75) is 57.2 Å². The van der Waals surface area contributed by atoms with Crippen LogP contribution in [0.15, 0.2) is 0 Å². The van der Waals surface area contributed by atoms with Gasteiger partial charge in [-0.25, -0.2) is 0 Å². The molecule has 3 atom stereocenters. The SMILES string of the molecule is CSC1CCCN(CC2CCC(C)(C)C2N)CC1. The maximum atomic E-state index is 6.44. The molecule has 1 heterocycles. The van der Waals surface area contributed by atoms with Crippen LogP contribution in [-0.4, -0.2) is 42.1 Å². The fourth-order valence-corrected chi connectivity index (χ4v) is 4.37. The predicted octanol–water partition coefficient (Wildman–Crippen LogP) is 2.97. The van der Waals surface area contributed by atoms with Gasteiger partial charge in [0.25, 0.3) is 0 Å². The standard InChI is InChI=1S/C15H30N2S/c1-15(2)8-6-12(14(15)16)11-17-9-4-5-13(18-3)7-10-17/h12-14H,4-11,16H2,1-3H3. The van der Waals surface area contributed by atoms with Gasteiger partial charge in [-0.2, -0.15) is 11.8 Å². The molecule has 2 rings (SSSR count). The quantitative estimate of drug-likeness (QED) is 0.855. The van der Waals surface area contributed by atoms with Gasteiger partial charge in [-0.05, 0) is 62.8 Å². The molecule has 0 aromatic heterocycles. The summed E-state index contributed by atoms with van der Waals surface area (Å²) < 4.78 is 0. The molecular weight excluding hydrogens is 240 g/mol. The van der Waals surface area contributed by atoms with E-state index in [0.29, 0.717) is 11.5 Å². The molecule has 1 aliphatic heterocycles. The van der Waals surface area contributed by atoms with Gasteiger partial charge < -0.3 is 10.6 Å². The monoisotopic (exact) mass is 270 g/mol. The van der Waals surface area contributed by atoms with Gasteiger partial charge in [0.1, 0.15) is 0 Å². The molecule has 0 bridgehead atoms. The van der Waals surface area contributed by atoms with Crippen molar-refractivity contribution in [3.63, 3.8) is 0 Å². The molecule has 0 amide bonds. The van der Waals surface area contributed by atoms with E-state index in [1.807, 2.05) is 0 Å². The molecule has 2 aliphatic rings. The maximum absolute atomic E-state index is 6.44. The summed E-state index contributed by atoms with van der Waals surface area (Å²) in [6.07, 6.45) is 9.04. The molecule has 0 spiro atoms. The van der Waals surface area contributed by atoms with E-state index in [0.717, 1.165) is 11.2 Å². The third kappa shape index (κ3) is 3.43. The molecule has 1 saturated carbocycles. The van der Waals surface area contributed by atoms with Crippen LogP contribution in [0.4, 0.5) is 0 Å². The first-order valence-electron chi connectivity index (χ1n) is 7.53. The molecular formula is C15H30N2S. The lowest BCUT2D eigenvalue weighted by Gasteiger charge is -2.30. The van der Waals surface area contributed by atoms with Gasteiger partial charge in [0.05, 0.1) is 0 Å². The van der Waals surface area contributed by atoms with Crippen LogP contribution >= 0.6 is 11.8 Å². The molecule has 0 aromatic rings. The van der Waals surface area contributed by atoms with Gasteiger partial charge >= 0.3 is 0 Å². The second-order valence-corrected chi connectivity index (χ2v) is 8.04. The molecule has 3 heteroatoms. The number of likely N-dealkylation sites (tertiary alicyclic amines) is 1. The van der Waals surface area contributed by atoms with Crippen molar-refractivity contribution in [1.29, 1.82) is 0 Å². The lowest BCUT2D eigenvalue weighted by molar-refractivity contribution is 0.210. The lowest BCUT2D eigenvalue weighted by Crippen LogP contribution is -2.42. The Morgan fingerprint density at radius 3 is 2.61 bits per heavy atom. The molecule has 2 nitrogen and oxygen atoms in total. The van der Waals surface area contributed by atoms with Crippen LogP contribution in [0.5, 0.6) is 0 Å². The number of thioether (sulfide) groups is 1. The van der Waals surface area contributed by atoms with Gasteiger partial charge in [-0.3, -0.25) is 0 Å². The summed E-state index contributed by atoms with van der Waals surface area (Å²) in [5, 5.41) is 0.892. The molecule has 0 aromatic carbocycles. The summed E-state index contributed by atoms with van der Waals surface area (Å²) in [6, 6.07) is 0.400. The molecule has 1 saturated heterocycles. The number of rotatable bonds is 3. The molecule has 1 aliphatic carbocycles. The average molecular weight is 270 g/mol. The first kappa shape index (κ1) is 14.7. The van der Waals surface area contributed by atoms with E-state index in [4.69, 9.17) is 5.73 Å². The highest BCUT2D eigenvalue weighted by molar-refractivity contribution is 7.99. The first-order chi connectivity index (χ1) is 8.53. The van der Waals surface area contributed by atoms with Crippen LogP contribution in [0.1, 0.15) is 46.0 Å². The Labute approximate surface area is 117 Å². The zero-order valence-corrected chi connectivity index (χ0v) is 13.1. The van der Waals surface area contributed by atoms with Crippen LogP contribution in [0.3, 0.4) is 0 Å². The van der Waals surface area contributed by atoms with Crippen LogP contribution in [0.2, 0.25) is 0 Å². The van der Waals surface area contributed by atoms with Crippen molar-refractivity contribution in [3.8, 4) is 0 Å². The minimum absolute atomic E-state index is 0.359. The minimum Gasteiger partial charge on any atom is -0.327 e. The Balaban J connectivity index is 1.83. The second kappa shape index (κ2) is 6.15. The Kier molecular flexibility index (Phi) is 5.01. The van der Waals surface area contributed by atoms with E-state index in [1.54, 1.807) is 0 Å². The fraction of sp³-hybridized carbons (Fsp3) is 1.00. The zero-order valence-electron chi connectivity index (χ0n) is 12.3. The fourth-order valence-electron chi connectivity index (χ4n) is 3.62. The molecule has 0 radical (unpaired) electrons. The van der Waals surface area contributed by atoms with Crippen molar-refractivity contribution in [3.05, 3.63) is 0 Å². The van der Waals surface area contributed by atoms with Gasteiger partial charge in [0.2, 0.25) is 0 Å². The first-order valence-corrected chi connectivity index (χ1v) is 8.82. The summed E-state index contributed by atoms with van der Waals surface area (Å²) in [7, 11) is 0. The number of nitrogens with two attached hydrogens (primary N) is 1. The largest absolute Gasteiger partial charge is 0.327 e. The van der Waals surface area contributed by atoms with E-state index in [1.165, 1.54) is 51.7 Å². The third-order valence-electron chi connectivity index (χ3n) is 5.16. The Morgan fingerprint density at radius 2 is 2.00 bits per heavy atom. The Bertz CT molecular complexity index is 267. The van der Waals surface area contributed by atoms with Crippen molar-refractivity contribution < 1.29 is 0 Å². The normalized spacial score (nSPS) is 37.7. The van der Waals surface area contributed by atoms with Crippen molar-refractivity contribution >= 4 is 11.8 Å². The average Bonchev–Trinajstić information content (AvgIpc) is 2.56. The van der Waals surface area contributed by atoms with E-state index in [2.05, 4.69) is 36.8 Å². The molecule has 106 valence electrons. The predicted molar refractivity (Wildman–Crippen MR) is 82.1 cm³/mol. The highest BCUT2D eigenvalue weighted by Gasteiger charge is 2.39. The van der Waals surface area contributed by atoms with Crippen molar-refractivity contribution in [2.75, 3.05) is 25.9 Å². The van der Waals surface area contributed by atoms with E-state index in [-0.39, 0.29) is 0 Å². The van der Waals surface area contributed by atoms with Gasteiger partial charge in [-0.1, -0.05) is 13.8 Å². The van der Waals surface area contributed by atoms with Crippen molar-refractivity contribution in [2.24, 2.45) is 17.1 Å². The van der Waals surface area contributed by atoms with E-state index in [9.17, 15) is 0 Å². The van der Waals surface area contributed by atoms with Crippen molar-refractivity contribution in [1.82, 2.24) is 4.90 Å². The van der Waals surface area contributed by atoms with Gasteiger partial charge in [0.15, 0.2) is 0 Å². The third-order valence-corrected chi connectivity index (χ3v) is 6.30. The van der Waals surface area contributed by atoms with E-state index >= 15 is 0 Å². The smallest absolute Gasteiger partial charge is 0.0131 e. The summed E-state index contributed by atoms with van der Waals surface area (Å²) >= 11 is 2.05. The topological polar surface area (TPSA) is 29.3 Å². The van der Waals surface area contributed by atoms with Crippen LogP contribution in [0, 0.1) is 11.3 Å². The zero-order chi connectivity index (χ0) is 13.2. The lowest BCUT2D eigenvalue weighted by atomic mass is 9.85. The highest BCUT2D eigenvalue weighted by Crippen LogP contribution is 2.40. The van der Waals surface area contributed by atoms with E-state index < -0.39 is 0 Å². The summed E-state index contributed by atoms with van der Waals surface area (Å²) in [6.45, 7) is 8.50. The van der Waals surface area contributed by atoms with Crippen LogP contribution in [-0.2, 0) is 0 Å². The Hall–Kier alpha value is 0.270. The Morgan fingerprint density at radius 1 is 1.22 bits per heavy atom. The summed E-state index contributed by atoms with van der Waals surface area (Å²) in [5.41, 5.74) is 6.80. The highest BCUT2D eigenvalue weighted by atomic mass is 32.2.